The summed E-state index contributed by atoms with van der Waals surface area (Å²) in [6.07, 6.45) is 0. The third-order valence-electron chi connectivity index (χ3n) is 4.54. The van der Waals surface area contributed by atoms with E-state index in [0.717, 1.165) is 5.56 Å². The van der Waals surface area contributed by atoms with E-state index in [1.54, 1.807) is 23.1 Å². The summed E-state index contributed by atoms with van der Waals surface area (Å²) >= 11 is 0. The number of nitrogens with zero attached hydrogens (tertiary/aromatic N) is 2. The van der Waals surface area contributed by atoms with Crippen LogP contribution in [0.4, 0.5) is 5.69 Å². The minimum Gasteiger partial charge on any atom is -0.466 e. The van der Waals surface area contributed by atoms with Crippen LogP contribution in [0.1, 0.15) is 0 Å². The molecular formula is C21H18N2O6. The Labute approximate surface area is 166 Å². The van der Waals surface area contributed by atoms with Gasteiger partial charge >= 0.3 is 11.9 Å². The Morgan fingerprint density at radius 1 is 1.03 bits per heavy atom. The lowest BCUT2D eigenvalue weighted by atomic mass is 10.1. The number of benzene rings is 2. The van der Waals surface area contributed by atoms with E-state index >= 15 is 0 Å². The standard InChI is InChI=1S/C21H18N2O6/c1-26-20(24)15-11-28-12-23(18(15)21(25)27-2)14-8-9-17-16(10-14)22-19(29-17)13-6-4-3-5-7-13/h3-10H,11-12H2,1-2H3. The van der Waals surface area contributed by atoms with Crippen LogP contribution >= 0.6 is 0 Å². The molecule has 0 aliphatic carbocycles. The van der Waals surface area contributed by atoms with E-state index in [9.17, 15) is 9.59 Å². The maximum atomic E-state index is 12.4. The lowest BCUT2D eigenvalue weighted by Crippen LogP contribution is -2.38. The Kier molecular flexibility index (Phi) is 5.01. The summed E-state index contributed by atoms with van der Waals surface area (Å²) in [5, 5.41) is 0. The van der Waals surface area contributed by atoms with Crippen LogP contribution in [0, 0.1) is 0 Å². The van der Waals surface area contributed by atoms with Gasteiger partial charge in [0.15, 0.2) is 5.58 Å². The highest BCUT2D eigenvalue weighted by molar-refractivity contribution is 6.03. The SMILES string of the molecule is COC(=O)C1=C(C(=O)OC)N(c2ccc3oc(-c4ccccc4)nc3c2)COC1. The molecule has 0 amide bonds. The summed E-state index contributed by atoms with van der Waals surface area (Å²) in [6.45, 7) is 0.0256. The van der Waals surface area contributed by atoms with Gasteiger partial charge in [-0.3, -0.25) is 0 Å². The summed E-state index contributed by atoms with van der Waals surface area (Å²) in [5.41, 5.74) is 2.84. The number of carbonyl (C=O) groups excluding carboxylic acids is 2. The quantitative estimate of drug-likeness (QED) is 0.624. The van der Waals surface area contributed by atoms with Gasteiger partial charge in [-0.25, -0.2) is 14.6 Å². The van der Waals surface area contributed by atoms with E-state index < -0.39 is 11.9 Å². The highest BCUT2D eigenvalue weighted by Gasteiger charge is 2.32. The summed E-state index contributed by atoms with van der Waals surface area (Å²) in [6, 6.07) is 14.8. The number of rotatable bonds is 4. The molecule has 148 valence electrons. The molecule has 29 heavy (non-hydrogen) atoms. The van der Waals surface area contributed by atoms with E-state index in [4.69, 9.17) is 18.6 Å². The molecule has 8 heteroatoms. The average molecular weight is 394 g/mol. The van der Waals surface area contributed by atoms with Gasteiger partial charge < -0.3 is 23.5 Å². The van der Waals surface area contributed by atoms with Gasteiger partial charge in [0.05, 0.1) is 26.4 Å². The molecule has 2 aromatic carbocycles. The van der Waals surface area contributed by atoms with Crippen molar-refractivity contribution in [2.45, 2.75) is 0 Å². The molecule has 3 aromatic rings. The molecule has 4 rings (SSSR count). The molecule has 0 unspecified atom stereocenters. The molecule has 8 nitrogen and oxygen atoms in total. The first-order valence-corrected chi connectivity index (χ1v) is 8.83. The molecule has 0 radical (unpaired) electrons. The molecule has 0 N–H and O–H groups in total. The number of hydrogen-bond donors (Lipinski definition) is 0. The van der Waals surface area contributed by atoms with Gasteiger partial charge in [-0.1, -0.05) is 18.2 Å². The largest absolute Gasteiger partial charge is 0.466 e. The van der Waals surface area contributed by atoms with Gasteiger partial charge in [0, 0.05) is 11.3 Å². The third-order valence-corrected chi connectivity index (χ3v) is 4.54. The van der Waals surface area contributed by atoms with Crippen molar-refractivity contribution < 1.29 is 28.2 Å². The maximum absolute atomic E-state index is 12.4. The Balaban J connectivity index is 1.78. The van der Waals surface area contributed by atoms with E-state index in [2.05, 4.69) is 4.98 Å². The van der Waals surface area contributed by atoms with Gasteiger partial charge in [0.1, 0.15) is 17.9 Å². The number of anilines is 1. The molecule has 2 heterocycles. The fourth-order valence-electron chi connectivity index (χ4n) is 3.14. The van der Waals surface area contributed by atoms with Crippen LogP contribution in [0.2, 0.25) is 0 Å². The number of carbonyl (C=O) groups is 2. The van der Waals surface area contributed by atoms with Gasteiger partial charge in [-0.15, -0.1) is 0 Å². The minimum absolute atomic E-state index is 0.0437. The zero-order valence-corrected chi connectivity index (χ0v) is 15.9. The van der Waals surface area contributed by atoms with E-state index in [1.165, 1.54) is 14.2 Å². The van der Waals surface area contributed by atoms with Crippen molar-refractivity contribution >= 4 is 28.7 Å². The monoisotopic (exact) mass is 394 g/mol. The maximum Gasteiger partial charge on any atom is 0.355 e. The third kappa shape index (κ3) is 3.45. The molecule has 0 saturated carbocycles. The van der Waals surface area contributed by atoms with Crippen LogP contribution in [0.25, 0.3) is 22.6 Å². The summed E-state index contributed by atoms with van der Waals surface area (Å²) in [5.74, 6) is -0.811. The Hall–Kier alpha value is -3.65. The first-order valence-electron chi connectivity index (χ1n) is 8.83. The second kappa shape index (κ2) is 7.76. The first kappa shape index (κ1) is 18.7. The van der Waals surface area contributed by atoms with Crippen molar-refractivity contribution in [2.24, 2.45) is 0 Å². The number of fused-ring (bicyclic) bond motifs is 1. The van der Waals surface area contributed by atoms with Gasteiger partial charge in [-0.2, -0.15) is 0 Å². The molecule has 0 atom stereocenters. The Morgan fingerprint density at radius 3 is 2.52 bits per heavy atom. The Morgan fingerprint density at radius 2 is 1.79 bits per heavy atom. The molecule has 0 saturated heterocycles. The van der Waals surface area contributed by atoms with Crippen LogP contribution < -0.4 is 4.90 Å². The van der Waals surface area contributed by atoms with Crippen molar-refractivity contribution in [3.05, 3.63) is 59.8 Å². The predicted molar refractivity (Wildman–Crippen MR) is 104 cm³/mol. The van der Waals surface area contributed by atoms with Gasteiger partial charge in [0.25, 0.3) is 0 Å². The molecule has 1 aliphatic rings. The van der Waals surface area contributed by atoms with Crippen molar-refractivity contribution in [1.29, 1.82) is 0 Å². The zero-order valence-electron chi connectivity index (χ0n) is 15.9. The lowest BCUT2D eigenvalue weighted by molar-refractivity contribution is -0.140. The van der Waals surface area contributed by atoms with Crippen molar-refractivity contribution in [3.8, 4) is 11.5 Å². The van der Waals surface area contributed by atoms with Crippen molar-refractivity contribution in [2.75, 3.05) is 32.5 Å². The normalized spacial score (nSPS) is 14.2. The fraction of sp³-hybridized carbons (Fsp3) is 0.190. The minimum atomic E-state index is -0.654. The van der Waals surface area contributed by atoms with Crippen molar-refractivity contribution in [3.63, 3.8) is 0 Å². The molecule has 0 spiro atoms. The molecule has 1 aliphatic heterocycles. The molecule has 1 aromatic heterocycles. The summed E-state index contributed by atoms with van der Waals surface area (Å²) in [4.78, 5) is 30.6. The number of hydrogen-bond acceptors (Lipinski definition) is 8. The highest BCUT2D eigenvalue weighted by atomic mass is 16.5. The van der Waals surface area contributed by atoms with E-state index in [-0.39, 0.29) is 24.6 Å². The highest BCUT2D eigenvalue weighted by Crippen LogP contribution is 2.31. The fourth-order valence-corrected chi connectivity index (χ4v) is 3.14. The van der Waals surface area contributed by atoms with E-state index in [1.807, 2.05) is 30.3 Å². The molecule has 0 bridgehead atoms. The number of oxazole rings is 1. The van der Waals surface area contributed by atoms with Crippen LogP contribution in [0.15, 0.2) is 64.2 Å². The number of esters is 2. The zero-order chi connectivity index (χ0) is 20.4. The summed E-state index contributed by atoms with van der Waals surface area (Å²) < 4.78 is 21.0. The van der Waals surface area contributed by atoms with Gasteiger partial charge in [0.2, 0.25) is 5.89 Å². The number of aromatic nitrogens is 1. The van der Waals surface area contributed by atoms with E-state index in [0.29, 0.717) is 22.7 Å². The second-order valence-electron chi connectivity index (χ2n) is 6.25. The van der Waals surface area contributed by atoms with Crippen LogP contribution in [0.3, 0.4) is 0 Å². The lowest BCUT2D eigenvalue weighted by Gasteiger charge is -2.31. The Bertz CT molecular complexity index is 1100. The summed E-state index contributed by atoms with van der Waals surface area (Å²) in [7, 11) is 2.50. The van der Waals surface area contributed by atoms with Crippen LogP contribution in [0.5, 0.6) is 0 Å². The second-order valence-corrected chi connectivity index (χ2v) is 6.25. The van der Waals surface area contributed by atoms with Crippen molar-refractivity contribution in [1.82, 2.24) is 4.98 Å². The van der Waals surface area contributed by atoms with Crippen LogP contribution in [-0.4, -0.2) is 44.5 Å². The molecular weight excluding hydrogens is 376 g/mol. The predicted octanol–water partition coefficient (Wildman–Crippen LogP) is 2.89. The smallest absolute Gasteiger partial charge is 0.355 e. The average Bonchev–Trinajstić information content (AvgIpc) is 3.21. The molecule has 0 fully saturated rings. The van der Waals surface area contributed by atoms with Crippen LogP contribution in [-0.2, 0) is 23.8 Å². The van der Waals surface area contributed by atoms with Gasteiger partial charge in [-0.05, 0) is 30.3 Å². The number of ether oxygens (including phenoxy) is 3. The topological polar surface area (TPSA) is 91.1 Å². The first-order chi connectivity index (χ1) is 14.1. The number of methoxy groups -OCH3 is 2.